The molecule has 0 saturated carbocycles. The highest BCUT2D eigenvalue weighted by molar-refractivity contribution is 6.01. The normalized spacial score (nSPS) is 15.9. The summed E-state index contributed by atoms with van der Waals surface area (Å²) < 4.78 is 15.7. The fraction of sp³-hybridized carbons (Fsp3) is 0.318. The smallest absolute Gasteiger partial charge is 0.311 e. The molecule has 152 valence electrons. The van der Waals surface area contributed by atoms with Gasteiger partial charge < -0.3 is 19.1 Å². The Morgan fingerprint density at radius 3 is 2.45 bits per heavy atom. The van der Waals surface area contributed by atoms with Gasteiger partial charge in [0.05, 0.1) is 25.8 Å². The number of ketones is 1. The minimum Gasteiger partial charge on any atom is -0.497 e. The molecule has 0 unspecified atom stereocenters. The number of hydrogen-bond donors (Lipinski definition) is 0. The molecule has 2 aromatic rings. The van der Waals surface area contributed by atoms with Crippen molar-refractivity contribution in [2.24, 2.45) is 5.92 Å². The summed E-state index contributed by atoms with van der Waals surface area (Å²) in [5.41, 5.74) is 2.08. The van der Waals surface area contributed by atoms with Gasteiger partial charge in [-0.15, -0.1) is 0 Å². The first-order valence-electron chi connectivity index (χ1n) is 9.22. The third kappa shape index (κ3) is 4.56. The molecule has 1 amide bonds. The predicted molar refractivity (Wildman–Crippen MR) is 106 cm³/mol. The largest absolute Gasteiger partial charge is 0.497 e. The van der Waals surface area contributed by atoms with Crippen LogP contribution in [-0.2, 0) is 14.3 Å². The van der Waals surface area contributed by atoms with Crippen molar-refractivity contribution < 1.29 is 28.6 Å². The predicted octanol–water partition coefficient (Wildman–Crippen LogP) is 2.79. The van der Waals surface area contributed by atoms with Gasteiger partial charge in [-0.3, -0.25) is 14.4 Å². The van der Waals surface area contributed by atoms with Gasteiger partial charge in [-0.05, 0) is 19.1 Å². The summed E-state index contributed by atoms with van der Waals surface area (Å²) in [5.74, 6) is -0.616. The average Bonchev–Trinajstić information content (AvgIpc) is 3.13. The number of carbonyl (C=O) groups is 3. The van der Waals surface area contributed by atoms with E-state index in [4.69, 9.17) is 14.2 Å². The van der Waals surface area contributed by atoms with E-state index in [2.05, 4.69) is 0 Å². The molecule has 7 heteroatoms. The molecule has 1 heterocycles. The van der Waals surface area contributed by atoms with Crippen molar-refractivity contribution in [3.63, 3.8) is 0 Å². The lowest BCUT2D eigenvalue weighted by Gasteiger charge is -2.20. The Balaban J connectivity index is 1.63. The molecule has 29 heavy (non-hydrogen) atoms. The van der Waals surface area contributed by atoms with Crippen LogP contribution in [0.25, 0.3) is 0 Å². The highest BCUT2D eigenvalue weighted by atomic mass is 16.5. The van der Waals surface area contributed by atoms with E-state index in [-0.39, 0.29) is 31.3 Å². The third-order valence-corrected chi connectivity index (χ3v) is 4.86. The third-order valence-electron chi connectivity index (χ3n) is 4.86. The number of carbonyl (C=O) groups excluding carboxylic acids is 3. The molecule has 1 fully saturated rings. The van der Waals surface area contributed by atoms with Crippen LogP contribution in [0.4, 0.5) is 5.69 Å². The van der Waals surface area contributed by atoms with Crippen molar-refractivity contribution in [1.82, 2.24) is 0 Å². The number of Topliss-reactive ketones (excluding diaryl/α,β-unsaturated/α-hetero) is 1. The van der Waals surface area contributed by atoms with E-state index in [0.29, 0.717) is 22.7 Å². The number of hydrogen-bond acceptors (Lipinski definition) is 6. The second-order valence-corrected chi connectivity index (χ2v) is 6.84. The molecule has 0 bridgehead atoms. The number of benzene rings is 2. The number of rotatable bonds is 7. The lowest BCUT2D eigenvalue weighted by Crippen LogP contribution is -2.27. The minimum atomic E-state index is -0.639. The number of amides is 1. The quantitative estimate of drug-likeness (QED) is 0.528. The minimum absolute atomic E-state index is 0.0206. The lowest BCUT2D eigenvalue weighted by molar-refractivity contribution is -0.147. The van der Waals surface area contributed by atoms with Gasteiger partial charge in [0.15, 0.2) is 12.4 Å². The van der Waals surface area contributed by atoms with Crippen molar-refractivity contribution in [3.05, 3.63) is 53.6 Å². The summed E-state index contributed by atoms with van der Waals surface area (Å²) in [6.45, 7) is 1.74. The van der Waals surface area contributed by atoms with E-state index < -0.39 is 11.9 Å². The molecule has 0 spiro atoms. The summed E-state index contributed by atoms with van der Waals surface area (Å²) in [7, 11) is 3.04. The van der Waals surface area contributed by atoms with Crippen LogP contribution in [0, 0.1) is 12.8 Å². The number of ether oxygens (including phenoxy) is 3. The molecule has 7 nitrogen and oxygen atoms in total. The van der Waals surface area contributed by atoms with E-state index in [1.165, 1.54) is 12.0 Å². The highest BCUT2D eigenvalue weighted by Crippen LogP contribution is 2.36. The number of anilines is 1. The number of aryl methyl sites for hydroxylation is 1. The zero-order valence-electron chi connectivity index (χ0n) is 16.6. The Bertz CT molecular complexity index is 921. The van der Waals surface area contributed by atoms with Gasteiger partial charge >= 0.3 is 5.97 Å². The van der Waals surface area contributed by atoms with E-state index in [1.807, 2.05) is 19.1 Å². The fourth-order valence-electron chi connectivity index (χ4n) is 3.18. The van der Waals surface area contributed by atoms with Gasteiger partial charge in [-0.25, -0.2) is 0 Å². The second-order valence-electron chi connectivity index (χ2n) is 6.84. The molecule has 2 aromatic carbocycles. The molecule has 1 aliphatic rings. The molecule has 0 aliphatic carbocycles. The Labute approximate surface area is 169 Å². The van der Waals surface area contributed by atoms with Gasteiger partial charge in [0.1, 0.15) is 11.5 Å². The standard InChI is InChI=1S/C22H23NO6/c1-14-4-6-15(7-5-14)19(24)13-29-22(26)16-10-21(25)23(12-16)18-9-8-17(27-2)11-20(18)28-3/h4-9,11,16H,10,12-13H2,1-3H3/t16-/m1/s1. The fourth-order valence-corrected chi connectivity index (χ4v) is 3.18. The van der Waals surface area contributed by atoms with Crippen LogP contribution in [0.15, 0.2) is 42.5 Å². The topological polar surface area (TPSA) is 82.1 Å². The maximum absolute atomic E-state index is 12.5. The highest BCUT2D eigenvalue weighted by Gasteiger charge is 2.37. The zero-order valence-corrected chi connectivity index (χ0v) is 16.6. The Hall–Kier alpha value is -3.35. The van der Waals surface area contributed by atoms with Crippen LogP contribution in [0.3, 0.4) is 0 Å². The maximum Gasteiger partial charge on any atom is 0.311 e. The van der Waals surface area contributed by atoms with Crippen LogP contribution >= 0.6 is 0 Å². The summed E-state index contributed by atoms with van der Waals surface area (Å²) in [4.78, 5) is 38.6. The lowest BCUT2D eigenvalue weighted by atomic mass is 10.1. The van der Waals surface area contributed by atoms with E-state index in [0.717, 1.165) is 5.56 Å². The molecule has 1 aliphatic heterocycles. The van der Waals surface area contributed by atoms with Gasteiger partial charge in [0, 0.05) is 24.6 Å². The molecule has 1 atom stereocenters. The van der Waals surface area contributed by atoms with Gasteiger partial charge in [-0.1, -0.05) is 29.8 Å². The molecule has 1 saturated heterocycles. The molecule has 3 rings (SSSR count). The molecular formula is C22H23NO6. The molecule has 0 radical (unpaired) electrons. The second kappa shape index (κ2) is 8.77. The van der Waals surface area contributed by atoms with E-state index in [9.17, 15) is 14.4 Å². The molecule has 0 N–H and O–H groups in total. The summed E-state index contributed by atoms with van der Waals surface area (Å²) in [5, 5.41) is 0. The first-order valence-corrected chi connectivity index (χ1v) is 9.22. The van der Waals surface area contributed by atoms with E-state index in [1.54, 1.807) is 37.4 Å². The molecular weight excluding hydrogens is 374 g/mol. The van der Waals surface area contributed by atoms with Crippen LogP contribution in [0.1, 0.15) is 22.3 Å². The van der Waals surface area contributed by atoms with Crippen molar-refractivity contribution >= 4 is 23.3 Å². The van der Waals surface area contributed by atoms with Crippen LogP contribution < -0.4 is 14.4 Å². The Morgan fingerprint density at radius 2 is 1.79 bits per heavy atom. The SMILES string of the molecule is COc1ccc(N2C[C@H](C(=O)OCC(=O)c3ccc(C)cc3)CC2=O)c(OC)c1. The Kier molecular flexibility index (Phi) is 6.16. The summed E-state index contributed by atoms with van der Waals surface area (Å²) in [6.07, 6.45) is 0.0206. The maximum atomic E-state index is 12.5. The zero-order chi connectivity index (χ0) is 21.0. The van der Waals surface area contributed by atoms with Crippen molar-refractivity contribution in [1.29, 1.82) is 0 Å². The number of esters is 1. The summed E-state index contributed by atoms with van der Waals surface area (Å²) >= 11 is 0. The van der Waals surface area contributed by atoms with Gasteiger partial charge in [0.2, 0.25) is 5.91 Å². The van der Waals surface area contributed by atoms with Crippen molar-refractivity contribution in [2.45, 2.75) is 13.3 Å². The number of nitrogens with zero attached hydrogens (tertiary/aromatic N) is 1. The van der Waals surface area contributed by atoms with Crippen LogP contribution in [-0.4, -0.2) is 45.0 Å². The van der Waals surface area contributed by atoms with Crippen molar-refractivity contribution in [3.8, 4) is 11.5 Å². The van der Waals surface area contributed by atoms with Gasteiger partial charge in [-0.2, -0.15) is 0 Å². The van der Waals surface area contributed by atoms with Crippen molar-refractivity contribution in [2.75, 3.05) is 32.3 Å². The Morgan fingerprint density at radius 1 is 1.07 bits per heavy atom. The first kappa shape index (κ1) is 20.4. The monoisotopic (exact) mass is 397 g/mol. The van der Waals surface area contributed by atoms with Gasteiger partial charge in [0.25, 0.3) is 0 Å². The van der Waals surface area contributed by atoms with Crippen LogP contribution in [0.2, 0.25) is 0 Å². The van der Waals surface area contributed by atoms with Crippen LogP contribution in [0.5, 0.6) is 11.5 Å². The first-order chi connectivity index (χ1) is 13.9. The molecule has 0 aromatic heterocycles. The average molecular weight is 397 g/mol. The number of methoxy groups -OCH3 is 2. The summed E-state index contributed by atoms with van der Waals surface area (Å²) in [6, 6.07) is 12.1. The van der Waals surface area contributed by atoms with E-state index >= 15 is 0 Å².